The monoisotopic (exact) mass is 246 g/mol. The predicted molar refractivity (Wildman–Crippen MR) is 77.4 cm³/mol. The minimum Gasteiger partial charge on any atom is -0.323 e. The van der Waals surface area contributed by atoms with E-state index in [2.05, 4.69) is 49.9 Å². The summed E-state index contributed by atoms with van der Waals surface area (Å²) in [6.07, 6.45) is 1.31. The van der Waals surface area contributed by atoms with Crippen molar-refractivity contribution < 1.29 is 0 Å². The standard InChI is InChI=1S/C16H26N2/c1-16(2,3)14-9-10-18(11-14)12-15(17)13-7-5-4-6-8-13/h4-8,14-15H,9-12,17H2,1-3H3/t14?,15-/m0/s1. The fraction of sp³-hybridized carbons (Fsp3) is 0.625. The van der Waals surface area contributed by atoms with Gasteiger partial charge in [0.05, 0.1) is 0 Å². The quantitative estimate of drug-likeness (QED) is 0.888. The Balaban J connectivity index is 1.89. The predicted octanol–water partition coefficient (Wildman–Crippen LogP) is 3.05. The molecule has 2 rings (SSSR count). The van der Waals surface area contributed by atoms with E-state index in [-0.39, 0.29) is 6.04 Å². The van der Waals surface area contributed by atoms with Crippen LogP contribution in [0, 0.1) is 11.3 Å². The van der Waals surface area contributed by atoms with Crippen LogP contribution in [-0.4, -0.2) is 24.5 Å². The molecule has 0 aromatic heterocycles. The average molecular weight is 246 g/mol. The Morgan fingerprint density at radius 3 is 2.50 bits per heavy atom. The van der Waals surface area contributed by atoms with Crippen molar-refractivity contribution in [3.05, 3.63) is 35.9 Å². The van der Waals surface area contributed by atoms with Gasteiger partial charge in [0.1, 0.15) is 0 Å². The number of hydrogen-bond acceptors (Lipinski definition) is 2. The van der Waals surface area contributed by atoms with Crippen molar-refractivity contribution in [3.8, 4) is 0 Å². The first kappa shape index (κ1) is 13.6. The largest absolute Gasteiger partial charge is 0.323 e. The fourth-order valence-corrected chi connectivity index (χ4v) is 2.79. The Bertz CT molecular complexity index is 366. The highest BCUT2D eigenvalue weighted by atomic mass is 15.2. The molecule has 1 aromatic rings. The number of nitrogens with two attached hydrogens (primary N) is 1. The summed E-state index contributed by atoms with van der Waals surface area (Å²) < 4.78 is 0. The molecule has 18 heavy (non-hydrogen) atoms. The summed E-state index contributed by atoms with van der Waals surface area (Å²) in [5.41, 5.74) is 7.96. The Labute approximate surface area is 111 Å². The van der Waals surface area contributed by atoms with Gasteiger partial charge in [0, 0.05) is 19.1 Å². The van der Waals surface area contributed by atoms with Crippen molar-refractivity contribution in [2.45, 2.75) is 33.2 Å². The highest BCUT2D eigenvalue weighted by Crippen LogP contribution is 2.33. The molecule has 100 valence electrons. The van der Waals surface area contributed by atoms with Crippen molar-refractivity contribution in [2.75, 3.05) is 19.6 Å². The van der Waals surface area contributed by atoms with Crippen LogP contribution in [0.1, 0.15) is 38.8 Å². The van der Waals surface area contributed by atoms with Gasteiger partial charge in [-0.15, -0.1) is 0 Å². The molecule has 0 radical (unpaired) electrons. The average Bonchev–Trinajstić information content (AvgIpc) is 2.78. The van der Waals surface area contributed by atoms with Gasteiger partial charge >= 0.3 is 0 Å². The highest BCUT2D eigenvalue weighted by molar-refractivity contribution is 5.18. The maximum absolute atomic E-state index is 6.29. The van der Waals surface area contributed by atoms with Gasteiger partial charge in [-0.1, -0.05) is 51.1 Å². The molecule has 1 aromatic carbocycles. The van der Waals surface area contributed by atoms with E-state index in [9.17, 15) is 0 Å². The fourth-order valence-electron chi connectivity index (χ4n) is 2.79. The number of benzene rings is 1. The third-order valence-electron chi connectivity index (χ3n) is 4.18. The SMILES string of the molecule is CC(C)(C)C1CCN(C[C@H](N)c2ccccc2)C1. The van der Waals surface area contributed by atoms with Gasteiger partial charge < -0.3 is 10.6 Å². The van der Waals surface area contributed by atoms with Gasteiger partial charge in [-0.05, 0) is 29.9 Å². The first-order valence-corrected chi connectivity index (χ1v) is 6.99. The summed E-state index contributed by atoms with van der Waals surface area (Å²) in [6, 6.07) is 10.6. The van der Waals surface area contributed by atoms with Crippen LogP contribution in [0.5, 0.6) is 0 Å². The van der Waals surface area contributed by atoms with Gasteiger partial charge in [0.2, 0.25) is 0 Å². The maximum atomic E-state index is 6.29. The number of likely N-dealkylation sites (tertiary alicyclic amines) is 1. The van der Waals surface area contributed by atoms with Crippen LogP contribution in [-0.2, 0) is 0 Å². The van der Waals surface area contributed by atoms with E-state index >= 15 is 0 Å². The van der Waals surface area contributed by atoms with Gasteiger partial charge in [0.25, 0.3) is 0 Å². The zero-order valence-electron chi connectivity index (χ0n) is 11.9. The van der Waals surface area contributed by atoms with E-state index in [4.69, 9.17) is 5.73 Å². The smallest absolute Gasteiger partial charge is 0.0424 e. The van der Waals surface area contributed by atoms with Gasteiger partial charge in [-0.2, -0.15) is 0 Å². The molecule has 2 nitrogen and oxygen atoms in total. The van der Waals surface area contributed by atoms with Gasteiger partial charge in [0.15, 0.2) is 0 Å². The van der Waals surface area contributed by atoms with E-state index in [0.29, 0.717) is 5.41 Å². The van der Waals surface area contributed by atoms with E-state index in [1.54, 1.807) is 0 Å². The number of rotatable bonds is 3. The Hall–Kier alpha value is -0.860. The minimum atomic E-state index is 0.143. The van der Waals surface area contributed by atoms with Crippen LogP contribution < -0.4 is 5.73 Å². The zero-order valence-corrected chi connectivity index (χ0v) is 11.9. The summed E-state index contributed by atoms with van der Waals surface area (Å²) in [5, 5.41) is 0. The van der Waals surface area contributed by atoms with Crippen LogP contribution in [0.2, 0.25) is 0 Å². The molecule has 2 N–H and O–H groups in total. The second kappa shape index (κ2) is 5.41. The Morgan fingerprint density at radius 2 is 1.94 bits per heavy atom. The molecule has 0 saturated carbocycles. The lowest BCUT2D eigenvalue weighted by atomic mass is 9.80. The second-order valence-electron chi connectivity index (χ2n) is 6.63. The van der Waals surface area contributed by atoms with Crippen molar-refractivity contribution in [3.63, 3.8) is 0 Å². The first-order valence-electron chi connectivity index (χ1n) is 6.99. The van der Waals surface area contributed by atoms with Gasteiger partial charge in [-0.3, -0.25) is 0 Å². The number of hydrogen-bond donors (Lipinski definition) is 1. The van der Waals surface area contributed by atoms with Crippen LogP contribution in [0.15, 0.2) is 30.3 Å². The van der Waals surface area contributed by atoms with Gasteiger partial charge in [-0.25, -0.2) is 0 Å². The van der Waals surface area contributed by atoms with Crippen molar-refractivity contribution in [1.82, 2.24) is 4.90 Å². The molecule has 0 spiro atoms. The van der Waals surface area contributed by atoms with Crippen molar-refractivity contribution in [2.24, 2.45) is 17.1 Å². The normalized spacial score (nSPS) is 23.2. The molecular weight excluding hydrogens is 220 g/mol. The van der Waals surface area contributed by atoms with Crippen LogP contribution in [0.4, 0.5) is 0 Å². The molecule has 1 heterocycles. The molecule has 1 fully saturated rings. The minimum absolute atomic E-state index is 0.143. The molecule has 1 aliphatic rings. The highest BCUT2D eigenvalue weighted by Gasteiger charge is 2.32. The number of nitrogens with zero attached hydrogens (tertiary/aromatic N) is 1. The third-order valence-corrected chi connectivity index (χ3v) is 4.18. The summed E-state index contributed by atoms with van der Waals surface area (Å²) in [5.74, 6) is 0.806. The van der Waals surface area contributed by atoms with E-state index in [1.807, 2.05) is 6.07 Å². The van der Waals surface area contributed by atoms with Crippen LogP contribution >= 0.6 is 0 Å². The maximum Gasteiger partial charge on any atom is 0.0424 e. The molecule has 2 atom stereocenters. The molecule has 0 bridgehead atoms. The lowest BCUT2D eigenvalue weighted by molar-refractivity contribution is 0.224. The van der Waals surface area contributed by atoms with E-state index in [1.165, 1.54) is 25.1 Å². The molecule has 1 saturated heterocycles. The van der Waals surface area contributed by atoms with Crippen LogP contribution in [0.3, 0.4) is 0 Å². The molecule has 2 heteroatoms. The summed E-state index contributed by atoms with van der Waals surface area (Å²) >= 11 is 0. The molecular formula is C16H26N2. The lowest BCUT2D eigenvalue weighted by Crippen LogP contribution is -2.32. The van der Waals surface area contributed by atoms with Crippen molar-refractivity contribution >= 4 is 0 Å². The summed E-state index contributed by atoms with van der Waals surface area (Å²) in [7, 11) is 0. The zero-order chi connectivity index (χ0) is 13.2. The topological polar surface area (TPSA) is 29.3 Å². The molecule has 0 aliphatic carbocycles. The summed E-state index contributed by atoms with van der Waals surface area (Å²) in [6.45, 7) is 10.4. The second-order valence-corrected chi connectivity index (χ2v) is 6.63. The molecule has 0 amide bonds. The first-order chi connectivity index (χ1) is 8.47. The van der Waals surface area contributed by atoms with E-state index in [0.717, 1.165) is 12.5 Å². The third kappa shape index (κ3) is 3.33. The Morgan fingerprint density at radius 1 is 1.28 bits per heavy atom. The molecule has 1 unspecified atom stereocenters. The van der Waals surface area contributed by atoms with Crippen LogP contribution in [0.25, 0.3) is 0 Å². The van der Waals surface area contributed by atoms with E-state index < -0.39 is 0 Å². The lowest BCUT2D eigenvalue weighted by Gasteiger charge is -2.27. The molecule has 1 aliphatic heterocycles. The summed E-state index contributed by atoms with van der Waals surface area (Å²) in [4.78, 5) is 2.52. The van der Waals surface area contributed by atoms with Crippen molar-refractivity contribution in [1.29, 1.82) is 0 Å². The Kier molecular flexibility index (Phi) is 4.08.